The highest BCUT2D eigenvalue weighted by Gasteiger charge is 2.24. The lowest BCUT2D eigenvalue weighted by Crippen LogP contribution is -2.46. The van der Waals surface area contributed by atoms with E-state index < -0.39 is 0 Å². The Morgan fingerprint density at radius 3 is 2.72 bits per heavy atom. The minimum atomic E-state index is -0.000457. The van der Waals surface area contributed by atoms with Crippen molar-refractivity contribution in [3.8, 4) is 0 Å². The lowest BCUT2D eigenvalue weighted by atomic mass is 9.96. The number of guanidine groups is 1. The Morgan fingerprint density at radius 2 is 2.07 bits per heavy atom. The van der Waals surface area contributed by atoms with Gasteiger partial charge in [0, 0.05) is 50.3 Å². The van der Waals surface area contributed by atoms with Crippen LogP contribution in [0.5, 0.6) is 0 Å². The quantitative estimate of drug-likeness (QED) is 0.310. The number of rotatable bonds is 7. The van der Waals surface area contributed by atoms with E-state index in [4.69, 9.17) is 0 Å². The fourth-order valence-electron chi connectivity index (χ4n) is 3.18. The van der Waals surface area contributed by atoms with Gasteiger partial charge < -0.3 is 15.1 Å². The molecule has 0 bridgehead atoms. The second-order valence-corrected chi connectivity index (χ2v) is 8.32. The molecule has 1 saturated heterocycles. The summed E-state index contributed by atoms with van der Waals surface area (Å²) in [6.07, 6.45) is 3.53. The molecule has 9 heteroatoms. The molecule has 0 atom stereocenters. The summed E-state index contributed by atoms with van der Waals surface area (Å²) in [5.41, 5.74) is 0. The van der Waals surface area contributed by atoms with Gasteiger partial charge in [-0.2, -0.15) is 5.10 Å². The number of carbonyl (C=O) groups excluding carboxylic acids is 1. The molecule has 0 spiro atoms. The molecule has 29 heavy (non-hydrogen) atoms. The molecular weight excluding hydrogens is 386 g/mol. The first-order chi connectivity index (χ1) is 14.1. The Morgan fingerprint density at radius 1 is 1.31 bits per heavy atom. The third-order valence-corrected chi connectivity index (χ3v) is 5.89. The maximum atomic E-state index is 12.0. The van der Waals surface area contributed by atoms with Crippen LogP contribution in [0.2, 0.25) is 0 Å². The zero-order valence-corrected chi connectivity index (χ0v) is 17.9. The van der Waals surface area contributed by atoms with E-state index in [2.05, 4.69) is 42.5 Å². The molecule has 1 fully saturated rings. The number of aliphatic imine (C=N–C) groups is 1. The van der Waals surface area contributed by atoms with Crippen LogP contribution in [0.4, 0.5) is 0 Å². The van der Waals surface area contributed by atoms with Crippen LogP contribution in [0.15, 0.2) is 46.5 Å². The van der Waals surface area contributed by atoms with Gasteiger partial charge in [0.2, 0.25) is 5.91 Å². The minimum absolute atomic E-state index is 0.000457. The third kappa shape index (κ3) is 6.49. The van der Waals surface area contributed by atoms with E-state index in [1.807, 2.05) is 18.2 Å². The van der Waals surface area contributed by atoms with Gasteiger partial charge in [-0.25, -0.2) is 9.98 Å². The second kappa shape index (κ2) is 10.8. The summed E-state index contributed by atoms with van der Waals surface area (Å²) in [7, 11) is 3.51. The normalized spacial score (nSPS) is 15.4. The van der Waals surface area contributed by atoms with Gasteiger partial charge in [0.1, 0.15) is 18.7 Å². The molecule has 1 amide bonds. The molecule has 2 heterocycles. The zero-order chi connectivity index (χ0) is 20.5. The van der Waals surface area contributed by atoms with Crippen molar-refractivity contribution in [1.82, 2.24) is 30.3 Å². The fraction of sp³-hybridized carbons (Fsp3) is 0.500. The number of aromatic nitrogens is 3. The number of hydrogen-bond donors (Lipinski definition) is 2. The first-order valence-electron chi connectivity index (χ1n) is 9.90. The van der Waals surface area contributed by atoms with Crippen LogP contribution in [0.1, 0.15) is 24.6 Å². The molecule has 0 saturated carbocycles. The summed E-state index contributed by atoms with van der Waals surface area (Å²) in [6, 6.07) is 10.4. The van der Waals surface area contributed by atoms with Gasteiger partial charge in [-0.1, -0.05) is 18.2 Å². The number of aromatic amines is 1. The number of nitrogens with one attached hydrogen (secondary N) is 2. The van der Waals surface area contributed by atoms with Gasteiger partial charge in [0.15, 0.2) is 5.96 Å². The topological polar surface area (TPSA) is 89.5 Å². The molecule has 0 aliphatic carbocycles. The molecule has 1 aliphatic rings. The number of piperidine rings is 1. The molecule has 1 aromatic carbocycles. The Kier molecular flexibility index (Phi) is 7.92. The molecule has 8 nitrogen and oxygen atoms in total. The largest absolute Gasteiger partial charge is 0.355 e. The summed E-state index contributed by atoms with van der Waals surface area (Å²) in [5, 5.41) is 10.4. The Bertz CT molecular complexity index is 771. The summed E-state index contributed by atoms with van der Waals surface area (Å²) in [5.74, 6) is 3.09. The van der Waals surface area contributed by atoms with Crippen molar-refractivity contribution >= 4 is 23.6 Å². The van der Waals surface area contributed by atoms with Gasteiger partial charge in [-0.3, -0.25) is 9.89 Å². The number of carbonyl (C=O) groups is 1. The summed E-state index contributed by atoms with van der Waals surface area (Å²) in [4.78, 5) is 26.0. The predicted octanol–water partition coefficient (Wildman–Crippen LogP) is 1.81. The van der Waals surface area contributed by atoms with Crippen molar-refractivity contribution in [3.63, 3.8) is 0 Å². The Hall–Kier alpha value is -2.55. The lowest BCUT2D eigenvalue weighted by molar-refractivity contribution is -0.127. The number of thioether (sulfide) groups is 1. The summed E-state index contributed by atoms with van der Waals surface area (Å²) in [6.45, 7) is 2.69. The van der Waals surface area contributed by atoms with Crippen molar-refractivity contribution in [1.29, 1.82) is 0 Å². The highest BCUT2D eigenvalue weighted by Crippen LogP contribution is 2.25. The zero-order valence-electron chi connectivity index (χ0n) is 17.0. The number of hydrogen-bond acceptors (Lipinski definition) is 5. The van der Waals surface area contributed by atoms with Gasteiger partial charge in [0.05, 0.1) is 0 Å². The molecule has 156 valence electrons. The molecule has 2 aromatic rings. The monoisotopic (exact) mass is 415 g/mol. The number of amides is 1. The van der Waals surface area contributed by atoms with Crippen LogP contribution < -0.4 is 5.32 Å². The van der Waals surface area contributed by atoms with E-state index in [-0.39, 0.29) is 12.5 Å². The van der Waals surface area contributed by atoms with E-state index in [1.54, 1.807) is 37.1 Å². The van der Waals surface area contributed by atoms with Crippen LogP contribution >= 0.6 is 11.8 Å². The van der Waals surface area contributed by atoms with E-state index >= 15 is 0 Å². The highest BCUT2D eigenvalue weighted by molar-refractivity contribution is 7.99. The second-order valence-electron chi connectivity index (χ2n) is 7.15. The van der Waals surface area contributed by atoms with Crippen molar-refractivity contribution in [2.45, 2.75) is 23.7 Å². The molecule has 0 radical (unpaired) electrons. The predicted molar refractivity (Wildman–Crippen MR) is 116 cm³/mol. The van der Waals surface area contributed by atoms with Gasteiger partial charge in [-0.15, -0.1) is 11.8 Å². The number of likely N-dealkylation sites (tertiary alicyclic amines) is 1. The first-order valence-corrected chi connectivity index (χ1v) is 10.9. The lowest BCUT2D eigenvalue weighted by Gasteiger charge is -2.33. The van der Waals surface area contributed by atoms with E-state index in [0.717, 1.165) is 50.0 Å². The average Bonchev–Trinajstić information content (AvgIpc) is 3.29. The Balaban J connectivity index is 1.54. The van der Waals surface area contributed by atoms with E-state index in [0.29, 0.717) is 5.92 Å². The van der Waals surface area contributed by atoms with Crippen molar-refractivity contribution in [2.24, 2.45) is 4.99 Å². The van der Waals surface area contributed by atoms with Crippen molar-refractivity contribution < 1.29 is 4.79 Å². The van der Waals surface area contributed by atoms with Crippen LogP contribution in [0, 0.1) is 0 Å². The Labute approximate surface area is 176 Å². The third-order valence-electron chi connectivity index (χ3n) is 4.87. The fourth-order valence-corrected chi connectivity index (χ4v) is 3.97. The van der Waals surface area contributed by atoms with E-state index in [9.17, 15) is 4.79 Å². The molecule has 3 rings (SSSR count). The highest BCUT2D eigenvalue weighted by atomic mass is 32.2. The van der Waals surface area contributed by atoms with E-state index in [1.165, 1.54) is 4.90 Å². The van der Waals surface area contributed by atoms with Crippen LogP contribution in [-0.2, 0) is 4.79 Å². The number of H-pyrrole nitrogens is 1. The van der Waals surface area contributed by atoms with Crippen LogP contribution in [-0.4, -0.2) is 82.9 Å². The molecule has 1 aromatic heterocycles. The maximum Gasteiger partial charge on any atom is 0.243 e. The van der Waals surface area contributed by atoms with Crippen LogP contribution in [0.3, 0.4) is 0 Å². The standard InChI is InChI=1S/C20H29N7OS/c1-26(2)18(28)14-22-20(21-10-13-29-17-6-4-3-5-7-17)27-11-8-16(9-12-27)19-23-15-24-25-19/h3-7,15-16H,8-14H2,1-2H3,(H,21,22)(H,23,24,25). The first kappa shape index (κ1) is 21.2. The maximum absolute atomic E-state index is 12.0. The molecule has 1 aliphatic heterocycles. The van der Waals surface area contributed by atoms with Crippen LogP contribution in [0.25, 0.3) is 0 Å². The SMILES string of the molecule is CN(C)C(=O)CN=C(NCCSc1ccccc1)N1CCC(c2ncn[nH]2)CC1. The van der Waals surface area contributed by atoms with Gasteiger partial charge in [-0.05, 0) is 25.0 Å². The van der Waals surface area contributed by atoms with Gasteiger partial charge >= 0.3 is 0 Å². The molecular formula is C20H29N7OS. The van der Waals surface area contributed by atoms with Crippen molar-refractivity contribution in [3.05, 3.63) is 42.5 Å². The van der Waals surface area contributed by atoms with Crippen molar-refractivity contribution in [2.75, 3.05) is 46.0 Å². The summed E-state index contributed by atoms with van der Waals surface area (Å²) < 4.78 is 0. The smallest absolute Gasteiger partial charge is 0.243 e. The molecule has 2 N–H and O–H groups in total. The number of nitrogens with zero attached hydrogens (tertiary/aromatic N) is 5. The average molecular weight is 416 g/mol. The summed E-state index contributed by atoms with van der Waals surface area (Å²) >= 11 is 1.81. The molecule has 0 unspecified atom stereocenters. The van der Waals surface area contributed by atoms with Gasteiger partial charge in [0.25, 0.3) is 0 Å². The number of benzene rings is 1. The number of likely N-dealkylation sites (N-methyl/N-ethyl adjacent to an activating group) is 1. The minimum Gasteiger partial charge on any atom is -0.355 e.